The quantitative estimate of drug-likeness (QED) is 0.332. The van der Waals surface area contributed by atoms with Crippen LogP contribution in [0.15, 0.2) is 24.3 Å². The molecule has 1 aromatic carbocycles. The first-order valence-electron chi connectivity index (χ1n) is 14.1. The second-order valence-corrected chi connectivity index (χ2v) is 13.7. The number of carbonyl (C=O) groups excluding carboxylic acids is 2. The van der Waals surface area contributed by atoms with Crippen molar-refractivity contribution >= 4 is 39.7 Å². The Balaban J connectivity index is 0.000000909. The molecule has 3 fully saturated rings. The number of anilines is 1. The number of nitrogens with one attached hydrogen (secondary N) is 1. The number of aromatic nitrogens is 2. The van der Waals surface area contributed by atoms with Crippen molar-refractivity contribution in [1.82, 2.24) is 19.2 Å². The zero-order valence-electron chi connectivity index (χ0n) is 23.7. The molecular formula is C28H41ClN6O5S. The fourth-order valence-electron chi connectivity index (χ4n) is 6.35. The first-order chi connectivity index (χ1) is 19.5. The monoisotopic (exact) mass is 608 g/mol. The van der Waals surface area contributed by atoms with E-state index in [1.807, 2.05) is 29.2 Å². The predicted octanol–water partition coefficient (Wildman–Crippen LogP) is 3.18. The van der Waals surface area contributed by atoms with Gasteiger partial charge in [0.2, 0.25) is 15.9 Å². The van der Waals surface area contributed by atoms with Gasteiger partial charge in [-0.1, -0.05) is 23.7 Å². The summed E-state index contributed by atoms with van der Waals surface area (Å²) in [5.74, 6) is 1.50. The highest BCUT2D eigenvalue weighted by molar-refractivity contribution is 7.88. The van der Waals surface area contributed by atoms with Gasteiger partial charge in [-0.25, -0.2) is 17.7 Å². The molecule has 0 unspecified atom stereocenters. The highest BCUT2D eigenvalue weighted by atomic mass is 35.5. The Morgan fingerprint density at radius 1 is 1.10 bits per heavy atom. The minimum absolute atomic E-state index is 0.0184. The van der Waals surface area contributed by atoms with Crippen LogP contribution in [0.25, 0.3) is 11.3 Å². The van der Waals surface area contributed by atoms with Gasteiger partial charge in [0.15, 0.2) is 0 Å². The van der Waals surface area contributed by atoms with E-state index in [4.69, 9.17) is 32.8 Å². The van der Waals surface area contributed by atoms with E-state index in [2.05, 4.69) is 9.72 Å². The van der Waals surface area contributed by atoms with E-state index in [9.17, 15) is 13.2 Å². The summed E-state index contributed by atoms with van der Waals surface area (Å²) >= 11 is 6.60. The number of hydrogen-bond donors (Lipinski definition) is 3. The number of piperidine rings is 1. The van der Waals surface area contributed by atoms with Crippen LogP contribution < -0.4 is 11.5 Å². The second kappa shape index (κ2) is 13.5. The maximum Gasteiger partial charge on any atom is 0.292 e. The predicted molar refractivity (Wildman–Crippen MR) is 158 cm³/mol. The van der Waals surface area contributed by atoms with Crippen molar-refractivity contribution in [1.29, 1.82) is 0 Å². The number of aromatic amines is 1. The van der Waals surface area contributed by atoms with Gasteiger partial charge in [0.1, 0.15) is 16.7 Å². The van der Waals surface area contributed by atoms with E-state index in [0.29, 0.717) is 54.4 Å². The largest absolute Gasteiger partial charge is 0.471 e. The van der Waals surface area contributed by atoms with Gasteiger partial charge in [0.05, 0.1) is 19.4 Å². The number of nitrogens with two attached hydrogens (primary N) is 2. The maximum absolute atomic E-state index is 13.8. The van der Waals surface area contributed by atoms with E-state index in [-0.39, 0.29) is 29.8 Å². The van der Waals surface area contributed by atoms with Gasteiger partial charge in [-0.05, 0) is 68.9 Å². The molecule has 13 heteroatoms. The molecule has 1 saturated carbocycles. The van der Waals surface area contributed by atoms with Crippen LogP contribution in [0.3, 0.4) is 0 Å². The van der Waals surface area contributed by atoms with Crippen molar-refractivity contribution in [3.05, 3.63) is 35.2 Å². The van der Waals surface area contributed by atoms with Crippen LogP contribution in [0.5, 0.6) is 0 Å². The number of likely N-dealkylation sites (tertiary alicyclic amines) is 1. The number of carbonyl (C=O) groups is 2. The number of ether oxygens (including phenoxy) is 1. The van der Waals surface area contributed by atoms with Crippen LogP contribution >= 0.6 is 11.6 Å². The normalized spacial score (nSPS) is 25.8. The topological polar surface area (TPSA) is 165 Å². The minimum Gasteiger partial charge on any atom is -0.471 e. The molecule has 3 heterocycles. The van der Waals surface area contributed by atoms with Gasteiger partial charge in [-0.2, -0.15) is 0 Å². The van der Waals surface area contributed by atoms with Gasteiger partial charge < -0.3 is 26.1 Å². The molecule has 1 amide bonds. The molecule has 41 heavy (non-hydrogen) atoms. The number of sulfonamides is 1. The first kappa shape index (κ1) is 31.3. The van der Waals surface area contributed by atoms with E-state index < -0.39 is 10.0 Å². The van der Waals surface area contributed by atoms with E-state index in [0.717, 1.165) is 50.5 Å². The second-order valence-electron chi connectivity index (χ2n) is 11.4. The number of imidazole rings is 1. The molecule has 0 spiro atoms. The van der Waals surface area contributed by atoms with Gasteiger partial charge in [0, 0.05) is 42.8 Å². The first-order valence-corrected chi connectivity index (χ1v) is 16.3. The number of nitrogen functional groups attached to an aromatic ring is 1. The third-order valence-electron chi connectivity index (χ3n) is 8.65. The zero-order valence-corrected chi connectivity index (χ0v) is 25.2. The van der Waals surface area contributed by atoms with E-state index in [1.54, 1.807) is 4.31 Å². The molecule has 0 radical (unpaired) electrons. The van der Waals surface area contributed by atoms with Crippen molar-refractivity contribution in [3.63, 3.8) is 0 Å². The van der Waals surface area contributed by atoms with Crippen molar-refractivity contribution in [2.45, 2.75) is 57.0 Å². The maximum atomic E-state index is 13.8. The van der Waals surface area contributed by atoms with Crippen LogP contribution in [0.1, 0.15) is 56.8 Å². The molecule has 5 rings (SSSR count). The average molecular weight is 609 g/mol. The fourth-order valence-corrected chi connectivity index (χ4v) is 7.47. The SMILES string of the molecule is COC=O.CS(=O)(=O)N1CCC([C@H]2C[C@@H](c3nc(-c4ccc(N)cc4)c(Cl)[nH]3)N(C(=O)C3CCC(N)CC3)C2)CC1. The number of H-pyrrole nitrogens is 1. The lowest BCUT2D eigenvalue weighted by Gasteiger charge is -2.34. The molecule has 0 bridgehead atoms. The zero-order chi connectivity index (χ0) is 29.7. The number of amides is 1. The highest BCUT2D eigenvalue weighted by Gasteiger charge is 2.44. The van der Waals surface area contributed by atoms with Crippen LogP contribution in [-0.2, 0) is 24.3 Å². The van der Waals surface area contributed by atoms with Gasteiger partial charge in [-0.15, -0.1) is 0 Å². The molecule has 11 nitrogen and oxygen atoms in total. The Morgan fingerprint density at radius 3 is 2.27 bits per heavy atom. The summed E-state index contributed by atoms with van der Waals surface area (Å²) in [5.41, 5.74) is 14.1. The standard InChI is InChI=1S/C26H37ClN6O3S.C2H4O2/c1-37(35,36)32-12-10-16(11-13-32)19-14-22(33(15-19)26(34)18-4-8-21(29)9-5-18)25-30-23(24(27)31-25)17-2-6-20(28)7-3-17;1-4-2-3/h2-3,6-7,16,18-19,21-22H,4-5,8-15,28-29H2,1H3,(H,30,31);2H,1H3/t18?,19-,21?,22-;/m0./s1. The minimum atomic E-state index is -3.18. The van der Waals surface area contributed by atoms with Crippen LogP contribution in [-0.4, -0.2) is 79.0 Å². The summed E-state index contributed by atoms with van der Waals surface area (Å²) in [4.78, 5) is 32.9. The van der Waals surface area contributed by atoms with Crippen molar-refractivity contribution in [2.24, 2.45) is 23.5 Å². The molecule has 2 atom stereocenters. The highest BCUT2D eigenvalue weighted by Crippen LogP contribution is 2.44. The van der Waals surface area contributed by atoms with Crippen molar-refractivity contribution in [2.75, 3.05) is 38.7 Å². The molecule has 3 aliphatic rings. The molecule has 2 aromatic rings. The lowest BCUT2D eigenvalue weighted by molar-refractivity contribution is -0.138. The number of benzene rings is 1. The number of rotatable bonds is 6. The Labute approximate surface area is 247 Å². The Kier molecular flexibility index (Phi) is 10.3. The number of halogens is 1. The average Bonchev–Trinajstić information content (AvgIpc) is 3.57. The molecule has 2 saturated heterocycles. The summed E-state index contributed by atoms with van der Waals surface area (Å²) in [6, 6.07) is 7.40. The molecule has 226 valence electrons. The Bertz CT molecular complexity index is 1290. The van der Waals surface area contributed by atoms with Crippen LogP contribution in [0.2, 0.25) is 5.15 Å². The third-order valence-corrected chi connectivity index (χ3v) is 10.2. The van der Waals surface area contributed by atoms with Gasteiger partial charge in [0.25, 0.3) is 6.47 Å². The van der Waals surface area contributed by atoms with Gasteiger partial charge in [-0.3, -0.25) is 9.59 Å². The fraction of sp³-hybridized carbons (Fsp3) is 0.607. The summed E-state index contributed by atoms with van der Waals surface area (Å²) in [5, 5.41) is 0.445. The summed E-state index contributed by atoms with van der Waals surface area (Å²) in [6.07, 6.45) is 7.04. The van der Waals surface area contributed by atoms with Crippen molar-refractivity contribution < 1.29 is 22.7 Å². The lowest BCUT2D eigenvalue weighted by Crippen LogP contribution is -2.41. The number of methoxy groups -OCH3 is 1. The number of nitrogens with zero attached hydrogens (tertiary/aromatic N) is 3. The van der Waals surface area contributed by atoms with Gasteiger partial charge >= 0.3 is 0 Å². The van der Waals surface area contributed by atoms with Crippen molar-refractivity contribution in [3.8, 4) is 11.3 Å². The lowest BCUT2D eigenvalue weighted by atomic mass is 9.83. The summed E-state index contributed by atoms with van der Waals surface area (Å²) in [6.45, 7) is 2.10. The molecular weight excluding hydrogens is 568 g/mol. The smallest absolute Gasteiger partial charge is 0.292 e. The molecule has 1 aliphatic carbocycles. The van der Waals surface area contributed by atoms with Crippen LogP contribution in [0, 0.1) is 17.8 Å². The molecule has 2 aliphatic heterocycles. The summed E-state index contributed by atoms with van der Waals surface area (Å²) in [7, 11) is -1.87. The van der Waals surface area contributed by atoms with E-state index >= 15 is 0 Å². The third kappa shape index (κ3) is 7.59. The van der Waals surface area contributed by atoms with Crippen LogP contribution in [0.4, 0.5) is 5.69 Å². The molecule has 5 N–H and O–H groups in total. The number of hydrogen-bond acceptors (Lipinski definition) is 8. The molecule has 1 aromatic heterocycles. The Hall–Kier alpha value is -2.67. The summed E-state index contributed by atoms with van der Waals surface area (Å²) < 4.78 is 29.4. The van der Waals surface area contributed by atoms with E-state index in [1.165, 1.54) is 13.4 Å². The Morgan fingerprint density at radius 2 is 1.71 bits per heavy atom.